The molecule has 1 aliphatic heterocycles. The molecule has 108 valence electrons. The fourth-order valence-corrected chi connectivity index (χ4v) is 2.92. The SMILES string of the molecule is Cc1nccn1CC1CCCN(c2nccnc2C#N)C1. The first-order valence-corrected chi connectivity index (χ1v) is 7.21. The first-order valence-electron chi connectivity index (χ1n) is 7.21. The molecular formula is C15H18N6. The van der Waals surface area contributed by atoms with Gasteiger partial charge in [-0.2, -0.15) is 5.26 Å². The third kappa shape index (κ3) is 2.87. The number of anilines is 1. The van der Waals surface area contributed by atoms with Crippen molar-refractivity contribution >= 4 is 5.82 Å². The summed E-state index contributed by atoms with van der Waals surface area (Å²) >= 11 is 0. The maximum atomic E-state index is 9.17. The van der Waals surface area contributed by atoms with Crippen LogP contribution in [-0.2, 0) is 6.54 Å². The lowest BCUT2D eigenvalue weighted by atomic mass is 9.97. The van der Waals surface area contributed by atoms with Gasteiger partial charge in [0.05, 0.1) is 0 Å². The predicted molar refractivity (Wildman–Crippen MR) is 78.6 cm³/mol. The van der Waals surface area contributed by atoms with Gasteiger partial charge in [-0.05, 0) is 25.7 Å². The molecule has 0 saturated carbocycles. The number of hydrogen-bond donors (Lipinski definition) is 0. The fraction of sp³-hybridized carbons (Fsp3) is 0.467. The summed E-state index contributed by atoms with van der Waals surface area (Å²) in [5.41, 5.74) is 0.414. The van der Waals surface area contributed by atoms with E-state index in [1.165, 1.54) is 6.42 Å². The summed E-state index contributed by atoms with van der Waals surface area (Å²) in [4.78, 5) is 14.9. The molecular weight excluding hydrogens is 264 g/mol. The van der Waals surface area contributed by atoms with Gasteiger partial charge in [-0.15, -0.1) is 0 Å². The summed E-state index contributed by atoms with van der Waals surface area (Å²) in [6.45, 7) is 4.83. The van der Waals surface area contributed by atoms with Gasteiger partial charge in [-0.1, -0.05) is 0 Å². The molecule has 1 saturated heterocycles. The maximum Gasteiger partial charge on any atom is 0.183 e. The zero-order chi connectivity index (χ0) is 14.7. The van der Waals surface area contributed by atoms with Crippen molar-refractivity contribution in [2.24, 2.45) is 5.92 Å². The number of nitrogens with zero attached hydrogens (tertiary/aromatic N) is 6. The lowest BCUT2D eigenvalue weighted by Crippen LogP contribution is -2.38. The lowest BCUT2D eigenvalue weighted by Gasteiger charge is -2.34. The Balaban J connectivity index is 1.74. The summed E-state index contributed by atoms with van der Waals surface area (Å²) in [5.74, 6) is 2.30. The van der Waals surface area contributed by atoms with Gasteiger partial charge < -0.3 is 9.47 Å². The summed E-state index contributed by atoms with van der Waals surface area (Å²) in [5, 5.41) is 9.17. The second-order valence-corrected chi connectivity index (χ2v) is 5.42. The maximum absolute atomic E-state index is 9.17. The summed E-state index contributed by atoms with van der Waals surface area (Å²) in [6, 6.07) is 2.13. The van der Waals surface area contributed by atoms with Crippen LogP contribution in [0.2, 0.25) is 0 Å². The Kier molecular flexibility index (Phi) is 3.82. The van der Waals surface area contributed by atoms with Gasteiger partial charge in [-0.3, -0.25) is 0 Å². The van der Waals surface area contributed by atoms with Crippen molar-refractivity contribution in [2.75, 3.05) is 18.0 Å². The molecule has 0 bridgehead atoms. The second-order valence-electron chi connectivity index (χ2n) is 5.42. The van der Waals surface area contributed by atoms with Crippen LogP contribution in [0, 0.1) is 24.2 Å². The van der Waals surface area contributed by atoms with Gasteiger partial charge in [0.15, 0.2) is 11.5 Å². The van der Waals surface area contributed by atoms with Gasteiger partial charge in [-0.25, -0.2) is 15.0 Å². The zero-order valence-corrected chi connectivity index (χ0v) is 12.1. The van der Waals surface area contributed by atoms with Crippen LogP contribution >= 0.6 is 0 Å². The van der Waals surface area contributed by atoms with Crippen LogP contribution in [0.3, 0.4) is 0 Å². The fourth-order valence-electron chi connectivity index (χ4n) is 2.92. The van der Waals surface area contributed by atoms with Gasteiger partial charge in [0.1, 0.15) is 11.9 Å². The summed E-state index contributed by atoms with van der Waals surface area (Å²) in [7, 11) is 0. The van der Waals surface area contributed by atoms with E-state index in [0.717, 1.165) is 31.9 Å². The number of aryl methyl sites for hydroxylation is 1. The van der Waals surface area contributed by atoms with Gasteiger partial charge in [0.25, 0.3) is 0 Å². The van der Waals surface area contributed by atoms with Crippen molar-refractivity contribution in [1.82, 2.24) is 19.5 Å². The van der Waals surface area contributed by atoms with E-state index in [2.05, 4.69) is 30.5 Å². The number of rotatable bonds is 3. The first-order chi connectivity index (χ1) is 10.3. The number of aromatic nitrogens is 4. The lowest BCUT2D eigenvalue weighted by molar-refractivity contribution is 0.362. The van der Waals surface area contributed by atoms with E-state index in [1.807, 2.05) is 19.3 Å². The van der Waals surface area contributed by atoms with Crippen LogP contribution in [-0.4, -0.2) is 32.6 Å². The Morgan fingerprint density at radius 3 is 2.90 bits per heavy atom. The van der Waals surface area contributed by atoms with Crippen molar-refractivity contribution in [3.05, 3.63) is 36.3 Å². The molecule has 0 aromatic carbocycles. The Morgan fingerprint density at radius 1 is 1.29 bits per heavy atom. The molecule has 1 unspecified atom stereocenters. The predicted octanol–water partition coefficient (Wildman–Crippen LogP) is 1.77. The van der Waals surface area contributed by atoms with Crippen LogP contribution in [0.4, 0.5) is 5.82 Å². The molecule has 6 heteroatoms. The van der Waals surface area contributed by atoms with Gasteiger partial charge in [0, 0.05) is 44.4 Å². The average Bonchev–Trinajstić information content (AvgIpc) is 2.93. The minimum Gasteiger partial charge on any atom is -0.354 e. The molecule has 0 spiro atoms. The minimum absolute atomic E-state index is 0.414. The molecule has 3 heterocycles. The highest BCUT2D eigenvalue weighted by atomic mass is 15.2. The van der Waals surface area contributed by atoms with E-state index < -0.39 is 0 Å². The van der Waals surface area contributed by atoms with Crippen molar-refractivity contribution < 1.29 is 0 Å². The van der Waals surface area contributed by atoms with Crippen molar-refractivity contribution in [1.29, 1.82) is 5.26 Å². The molecule has 3 rings (SSSR count). The van der Waals surface area contributed by atoms with Gasteiger partial charge in [0.2, 0.25) is 0 Å². The van der Waals surface area contributed by atoms with Crippen LogP contribution in [0.25, 0.3) is 0 Å². The molecule has 0 N–H and O–H groups in total. The number of hydrogen-bond acceptors (Lipinski definition) is 5. The van der Waals surface area contributed by atoms with Crippen molar-refractivity contribution in [2.45, 2.75) is 26.3 Å². The first kappa shape index (κ1) is 13.6. The third-order valence-electron chi connectivity index (χ3n) is 3.98. The standard InChI is InChI=1S/C15H18N6/c1-12-17-6-8-20(12)10-13-3-2-7-21(11-13)15-14(9-16)18-4-5-19-15/h4-6,8,13H,2-3,7,10-11H2,1H3. The van der Waals surface area contributed by atoms with Crippen molar-refractivity contribution in [3.63, 3.8) is 0 Å². The number of piperidine rings is 1. The molecule has 6 nitrogen and oxygen atoms in total. The summed E-state index contributed by atoms with van der Waals surface area (Å²) in [6.07, 6.45) is 9.39. The highest BCUT2D eigenvalue weighted by Crippen LogP contribution is 2.24. The van der Waals surface area contributed by atoms with E-state index in [1.54, 1.807) is 12.4 Å². The monoisotopic (exact) mass is 282 g/mol. The van der Waals surface area contributed by atoms with E-state index in [9.17, 15) is 0 Å². The van der Waals surface area contributed by atoms with E-state index >= 15 is 0 Å². The van der Waals surface area contributed by atoms with Crippen LogP contribution in [0.15, 0.2) is 24.8 Å². The average molecular weight is 282 g/mol. The molecule has 2 aromatic heterocycles. The minimum atomic E-state index is 0.414. The van der Waals surface area contributed by atoms with Crippen molar-refractivity contribution in [3.8, 4) is 6.07 Å². The number of imidazole rings is 1. The molecule has 21 heavy (non-hydrogen) atoms. The largest absolute Gasteiger partial charge is 0.354 e. The third-order valence-corrected chi connectivity index (χ3v) is 3.98. The van der Waals surface area contributed by atoms with Crippen LogP contribution in [0.5, 0.6) is 0 Å². The second kappa shape index (κ2) is 5.92. The highest BCUT2D eigenvalue weighted by molar-refractivity contribution is 5.49. The molecule has 0 amide bonds. The molecule has 1 atom stereocenters. The Bertz CT molecular complexity index is 656. The summed E-state index contributed by atoms with van der Waals surface area (Å²) < 4.78 is 2.19. The Labute approximate surface area is 124 Å². The topological polar surface area (TPSA) is 70.6 Å². The Morgan fingerprint density at radius 2 is 2.14 bits per heavy atom. The van der Waals surface area contributed by atoms with Gasteiger partial charge >= 0.3 is 0 Å². The molecule has 2 aromatic rings. The normalized spacial score (nSPS) is 18.5. The van der Waals surface area contributed by atoms with E-state index in [-0.39, 0.29) is 0 Å². The van der Waals surface area contributed by atoms with E-state index in [0.29, 0.717) is 17.4 Å². The van der Waals surface area contributed by atoms with E-state index in [4.69, 9.17) is 5.26 Å². The van der Waals surface area contributed by atoms with Crippen LogP contribution < -0.4 is 4.90 Å². The molecule has 1 fully saturated rings. The number of nitriles is 1. The quantitative estimate of drug-likeness (QED) is 0.858. The Hall–Kier alpha value is -2.42. The highest BCUT2D eigenvalue weighted by Gasteiger charge is 2.23. The van der Waals surface area contributed by atoms with Crippen LogP contribution in [0.1, 0.15) is 24.4 Å². The smallest absolute Gasteiger partial charge is 0.183 e. The zero-order valence-electron chi connectivity index (χ0n) is 12.1. The molecule has 1 aliphatic rings. The molecule has 0 aliphatic carbocycles. The molecule has 0 radical (unpaired) electrons.